The van der Waals surface area contributed by atoms with Crippen molar-refractivity contribution in [2.45, 2.75) is 58.2 Å². The van der Waals surface area contributed by atoms with Crippen molar-refractivity contribution in [3.05, 3.63) is 35.9 Å². The molecule has 1 N–H and O–H groups in total. The van der Waals surface area contributed by atoms with Gasteiger partial charge >= 0.3 is 0 Å². The Labute approximate surface area is 145 Å². The average Bonchev–Trinajstić information content (AvgIpc) is 2.57. The summed E-state index contributed by atoms with van der Waals surface area (Å²) in [5.74, 6) is 0.709. The number of nitriles is 1. The van der Waals surface area contributed by atoms with Crippen LogP contribution in [0, 0.1) is 11.3 Å². The lowest BCUT2D eigenvalue weighted by molar-refractivity contribution is 0.0208. The smallest absolute Gasteiger partial charge is 0.126 e. The molecule has 0 amide bonds. The van der Waals surface area contributed by atoms with Gasteiger partial charge < -0.3 is 9.84 Å². The van der Waals surface area contributed by atoms with Crippen molar-refractivity contribution in [2.75, 3.05) is 13.2 Å². The summed E-state index contributed by atoms with van der Waals surface area (Å²) in [6.45, 7) is 7.24. The monoisotopic (exact) mass is 328 g/mol. The fourth-order valence-electron chi connectivity index (χ4n) is 3.41. The molecule has 0 aromatic heterocycles. The predicted octanol–water partition coefficient (Wildman–Crippen LogP) is 3.62. The lowest BCUT2D eigenvalue weighted by atomic mass is 9.97. The maximum absolute atomic E-state index is 10.4. The van der Waals surface area contributed by atoms with E-state index in [4.69, 9.17) is 10.00 Å². The van der Waals surface area contributed by atoms with E-state index in [1.807, 2.05) is 37.3 Å². The van der Waals surface area contributed by atoms with E-state index in [1.54, 1.807) is 0 Å². The predicted molar refractivity (Wildman–Crippen MR) is 96.7 cm³/mol. The number of hydrogen-bond acceptors (Lipinski definition) is 4. The van der Waals surface area contributed by atoms with Crippen LogP contribution < -0.4 is 4.74 Å². The summed E-state index contributed by atoms with van der Waals surface area (Å²) >= 11 is 0. The second-order valence-corrected chi connectivity index (χ2v) is 6.74. The molecule has 130 valence electrons. The van der Waals surface area contributed by atoms with Crippen LogP contribution in [0.1, 0.15) is 45.6 Å². The summed E-state index contributed by atoms with van der Waals surface area (Å²) in [7, 11) is 0. The number of rotatable bonds is 6. The molecule has 1 aromatic carbocycles. The molecule has 24 heavy (non-hydrogen) atoms. The second kappa shape index (κ2) is 8.86. The van der Waals surface area contributed by atoms with E-state index in [1.165, 1.54) is 25.3 Å². The van der Waals surface area contributed by atoms with Crippen molar-refractivity contribution in [1.29, 1.82) is 5.26 Å². The maximum Gasteiger partial charge on any atom is 0.126 e. The fourth-order valence-corrected chi connectivity index (χ4v) is 3.41. The number of ether oxygens (including phenoxy) is 1. The highest BCUT2D eigenvalue weighted by Gasteiger charge is 2.26. The number of benzene rings is 1. The van der Waals surface area contributed by atoms with Crippen LogP contribution in [-0.2, 0) is 0 Å². The Kier molecular flexibility index (Phi) is 6.84. The first-order valence-corrected chi connectivity index (χ1v) is 8.75. The van der Waals surface area contributed by atoms with Crippen molar-refractivity contribution in [3.63, 3.8) is 0 Å². The molecule has 4 nitrogen and oxygen atoms in total. The zero-order chi connectivity index (χ0) is 17.5. The summed E-state index contributed by atoms with van der Waals surface area (Å²) in [6.07, 6.45) is 4.64. The van der Waals surface area contributed by atoms with Crippen LogP contribution in [0.2, 0.25) is 0 Å². The topological polar surface area (TPSA) is 56.5 Å². The van der Waals surface area contributed by atoms with Crippen molar-refractivity contribution in [2.24, 2.45) is 0 Å². The van der Waals surface area contributed by atoms with Gasteiger partial charge in [0.2, 0.25) is 0 Å². The highest BCUT2D eigenvalue weighted by molar-refractivity contribution is 5.70. The quantitative estimate of drug-likeness (QED) is 0.810. The van der Waals surface area contributed by atoms with Gasteiger partial charge in [0.05, 0.1) is 6.07 Å². The van der Waals surface area contributed by atoms with Crippen molar-refractivity contribution in [1.82, 2.24) is 4.90 Å². The number of hydrogen-bond donors (Lipinski definition) is 1. The average molecular weight is 328 g/mol. The molecule has 1 aliphatic heterocycles. The molecule has 0 aliphatic carbocycles. The Morgan fingerprint density at radius 1 is 1.38 bits per heavy atom. The summed E-state index contributed by atoms with van der Waals surface area (Å²) in [5.41, 5.74) is 1.76. The molecular formula is C20H28N2O2. The molecule has 0 bridgehead atoms. The van der Waals surface area contributed by atoms with Gasteiger partial charge in [-0.3, -0.25) is 4.90 Å². The standard InChI is InChI=1S/C20H28N2O2/c1-15(11-12-21)19-9-4-5-10-20(19)24-14-18(23)13-22-16(2)7-6-8-17(22)3/h4-5,9-11,16-18,23H,6-8,13-14H2,1-3H3/b15-11-. The van der Waals surface area contributed by atoms with Crippen LogP contribution in [0.25, 0.3) is 5.57 Å². The molecule has 0 spiro atoms. The van der Waals surface area contributed by atoms with Crippen molar-refractivity contribution in [3.8, 4) is 11.8 Å². The number of piperidine rings is 1. The van der Waals surface area contributed by atoms with Gasteiger partial charge in [-0.25, -0.2) is 0 Å². The molecule has 1 aromatic rings. The lowest BCUT2D eigenvalue weighted by Gasteiger charge is -2.40. The van der Waals surface area contributed by atoms with E-state index in [9.17, 15) is 5.11 Å². The lowest BCUT2D eigenvalue weighted by Crippen LogP contribution is -2.48. The first-order chi connectivity index (χ1) is 11.5. The second-order valence-electron chi connectivity index (χ2n) is 6.74. The van der Waals surface area contributed by atoms with Gasteiger partial charge in [0.1, 0.15) is 18.5 Å². The third kappa shape index (κ3) is 4.83. The number of para-hydroxylation sites is 1. The van der Waals surface area contributed by atoms with E-state index < -0.39 is 6.10 Å². The van der Waals surface area contributed by atoms with Crippen LogP contribution in [0.15, 0.2) is 30.3 Å². The molecule has 1 fully saturated rings. The Hall–Kier alpha value is -1.83. The number of aliphatic hydroxyl groups excluding tert-OH is 1. The van der Waals surface area contributed by atoms with E-state index in [2.05, 4.69) is 18.7 Å². The molecule has 0 saturated carbocycles. The van der Waals surface area contributed by atoms with Gasteiger partial charge in [-0.15, -0.1) is 0 Å². The number of allylic oxidation sites excluding steroid dienone is 2. The number of likely N-dealkylation sites (tertiary alicyclic amines) is 1. The van der Waals surface area contributed by atoms with Crippen LogP contribution in [0.3, 0.4) is 0 Å². The van der Waals surface area contributed by atoms with Gasteiger partial charge in [-0.2, -0.15) is 5.26 Å². The van der Waals surface area contributed by atoms with Gasteiger partial charge in [-0.1, -0.05) is 24.6 Å². The molecule has 0 radical (unpaired) electrons. The summed E-state index contributed by atoms with van der Waals surface area (Å²) in [6, 6.07) is 10.7. The van der Waals surface area contributed by atoms with Gasteiger partial charge in [0.25, 0.3) is 0 Å². The minimum absolute atomic E-state index is 0.257. The first kappa shape index (κ1) is 18.5. The SMILES string of the molecule is C/C(=C/C#N)c1ccccc1OCC(O)CN1C(C)CCCC1C. The molecule has 4 heteroatoms. The van der Waals surface area contributed by atoms with Crippen molar-refractivity contribution < 1.29 is 9.84 Å². The Morgan fingerprint density at radius 2 is 2.04 bits per heavy atom. The maximum atomic E-state index is 10.4. The Morgan fingerprint density at radius 3 is 2.71 bits per heavy atom. The largest absolute Gasteiger partial charge is 0.490 e. The van der Waals surface area contributed by atoms with Crippen LogP contribution in [0.5, 0.6) is 5.75 Å². The number of aliphatic hydroxyl groups is 1. The molecule has 1 saturated heterocycles. The minimum Gasteiger partial charge on any atom is -0.490 e. The molecule has 1 heterocycles. The van der Waals surface area contributed by atoms with Gasteiger partial charge in [0, 0.05) is 30.3 Å². The molecule has 3 atom stereocenters. The van der Waals surface area contributed by atoms with Crippen LogP contribution >= 0.6 is 0 Å². The summed E-state index contributed by atoms with van der Waals surface area (Å²) in [4.78, 5) is 2.38. The molecule has 1 aliphatic rings. The Bertz CT molecular complexity index is 596. The fraction of sp³-hybridized carbons (Fsp3) is 0.550. The number of β-amino-alcohol motifs (C(OH)–C–C–N with tert-alkyl or cyclic N) is 1. The zero-order valence-corrected chi connectivity index (χ0v) is 14.9. The minimum atomic E-state index is -0.527. The van der Waals surface area contributed by atoms with E-state index in [0.717, 1.165) is 11.1 Å². The molecular weight excluding hydrogens is 300 g/mol. The highest BCUT2D eigenvalue weighted by Crippen LogP contribution is 2.26. The van der Waals surface area contributed by atoms with E-state index in [-0.39, 0.29) is 6.61 Å². The zero-order valence-electron chi connectivity index (χ0n) is 14.9. The summed E-state index contributed by atoms with van der Waals surface area (Å²) in [5, 5.41) is 19.2. The number of nitrogens with zero attached hydrogens (tertiary/aromatic N) is 2. The third-order valence-electron chi connectivity index (χ3n) is 4.82. The van der Waals surface area contributed by atoms with Gasteiger partial charge in [-0.05, 0) is 45.3 Å². The van der Waals surface area contributed by atoms with Gasteiger partial charge in [0.15, 0.2) is 0 Å². The highest BCUT2D eigenvalue weighted by atomic mass is 16.5. The third-order valence-corrected chi connectivity index (χ3v) is 4.82. The normalized spacial score (nSPS) is 23.5. The van der Waals surface area contributed by atoms with Crippen LogP contribution in [-0.4, -0.2) is 41.3 Å². The summed E-state index contributed by atoms with van der Waals surface area (Å²) < 4.78 is 5.85. The molecule has 2 rings (SSSR count). The first-order valence-electron chi connectivity index (χ1n) is 8.75. The molecule has 3 unspecified atom stereocenters. The van der Waals surface area contributed by atoms with E-state index in [0.29, 0.717) is 24.4 Å². The van der Waals surface area contributed by atoms with Crippen molar-refractivity contribution >= 4 is 5.57 Å². The van der Waals surface area contributed by atoms with E-state index >= 15 is 0 Å². The van der Waals surface area contributed by atoms with Crippen LogP contribution in [0.4, 0.5) is 0 Å². The Balaban J connectivity index is 1.96.